The van der Waals surface area contributed by atoms with Crippen molar-refractivity contribution in [1.82, 2.24) is 10.6 Å². The lowest BCUT2D eigenvalue weighted by Crippen LogP contribution is -2.57. The predicted molar refractivity (Wildman–Crippen MR) is 113 cm³/mol. The molecule has 6 nitrogen and oxygen atoms in total. The number of amides is 3. The third kappa shape index (κ3) is 4.09. The Morgan fingerprint density at radius 2 is 1.67 bits per heavy atom. The van der Waals surface area contributed by atoms with Crippen LogP contribution in [0.2, 0.25) is 0 Å². The van der Waals surface area contributed by atoms with Crippen LogP contribution in [-0.2, 0) is 19.7 Å². The van der Waals surface area contributed by atoms with Gasteiger partial charge in [-0.2, -0.15) is 0 Å². The highest BCUT2D eigenvalue weighted by Gasteiger charge is 2.61. The molecule has 0 saturated heterocycles. The fraction of sp³-hybridized carbons (Fsp3) is 0.625. The summed E-state index contributed by atoms with van der Waals surface area (Å²) in [6, 6.07) is 9.97. The molecule has 1 aromatic carbocycles. The minimum absolute atomic E-state index is 0.0409. The lowest BCUT2D eigenvalue weighted by atomic mass is 9.43. The van der Waals surface area contributed by atoms with Crippen molar-refractivity contribution in [3.8, 4) is 0 Å². The normalized spacial score (nSPS) is 31.8. The second-order valence-electron chi connectivity index (χ2n) is 10.7. The molecule has 0 aromatic heterocycles. The summed E-state index contributed by atoms with van der Waals surface area (Å²) in [6.45, 7) is 5.05. The number of benzene rings is 1. The van der Waals surface area contributed by atoms with Gasteiger partial charge in [0.25, 0.3) is 5.91 Å². The van der Waals surface area contributed by atoms with Crippen LogP contribution in [0.15, 0.2) is 30.3 Å². The van der Waals surface area contributed by atoms with E-state index in [2.05, 4.69) is 34.9 Å². The van der Waals surface area contributed by atoms with Gasteiger partial charge in [-0.15, -0.1) is 0 Å². The van der Waals surface area contributed by atoms with E-state index in [1.807, 2.05) is 26.8 Å². The molecule has 2 unspecified atom stereocenters. The van der Waals surface area contributed by atoms with Gasteiger partial charge in [-0.3, -0.25) is 14.9 Å². The van der Waals surface area contributed by atoms with Gasteiger partial charge < -0.3 is 10.1 Å². The van der Waals surface area contributed by atoms with Gasteiger partial charge in [0.05, 0.1) is 5.41 Å². The van der Waals surface area contributed by atoms with E-state index in [0.29, 0.717) is 11.8 Å². The van der Waals surface area contributed by atoms with Crippen molar-refractivity contribution < 1.29 is 19.1 Å². The highest BCUT2D eigenvalue weighted by molar-refractivity contribution is 5.96. The maximum absolute atomic E-state index is 13.2. The van der Waals surface area contributed by atoms with Crippen LogP contribution in [0.1, 0.15) is 64.9 Å². The van der Waals surface area contributed by atoms with E-state index in [1.165, 1.54) is 12.0 Å². The molecular formula is C24H32N2O4. The van der Waals surface area contributed by atoms with Gasteiger partial charge in [0.15, 0.2) is 6.61 Å². The van der Waals surface area contributed by atoms with Gasteiger partial charge in [0, 0.05) is 5.54 Å². The summed E-state index contributed by atoms with van der Waals surface area (Å²) in [5, 5.41) is 4.89. The van der Waals surface area contributed by atoms with Gasteiger partial charge in [-0.25, -0.2) is 4.79 Å². The number of carbonyl (C=O) groups is 3. The molecule has 6 heteroatoms. The van der Waals surface area contributed by atoms with Gasteiger partial charge in [0.2, 0.25) is 0 Å². The number of urea groups is 1. The zero-order valence-electron chi connectivity index (χ0n) is 18.1. The quantitative estimate of drug-likeness (QED) is 0.739. The van der Waals surface area contributed by atoms with Crippen LogP contribution in [0.3, 0.4) is 0 Å². The van der Waals surface area contributed by atoms with Gasteiger partial charge in [-0.1, -0.05) is 30.3 Å². The highest BCUT2D eigenvalue weighted by Crippen LogP contribution is 2.66. The predicted octanol–water partition coefficient (Wildman–Crippen LogP) is 3.69. The molecule has 4 aliphatic rings. The second-order valence-corrected chi connectivity index (χ2v) is 10.7. The van der Waals surface area contributed by atoms with Gasteiger partial charge in [0.1, 0.15) is 0 Å². The maximum Gasteiger partial charge on any atom is 0.321 e. The number of rotatable bonds is 4. The summed E-state index contributed by atoms with van der Waals surface area (Å²) >= 11 is 0. The summed E-state index contributed by atoms with van der Waals surface area (Å²) in [7, 11) is 0. The van der Waals surface area contributed by atoms with E-state index < -0.39 is 29.5 Å². The molecule has 4 fully saturated rings. The van der Waals surface area contributed by atoms with Crippen molar-refractivity contribution in [3.05, 3.63) is 35.9 Å². The Morgan fingerprint density at radius 3 is 2.27 bits per heavy atom. The summed E-state index contributed by atoms with van der Waals surface area (Å²) in [5.41, 5.74) is 0.409. The minimum atomic E-state index is -0.604. The third-order valence-electron chi connectivity index (χ3n) is 6.96. The number of hydrogen-bond donors (Lipinski definition) is 2. The van der Waals surface area contributed by atoms with E-state index in [0.717, 1.165) is 32.1 Å². The highest BCUT2D eigenvalue weighted by atomic mass is 16.5. The minimum Gasteiger partial charge on any atom is -0.455 e. The average molecular weight is 413 g/mol. The zero-order chi connectivity index (χ0) is 21.6. The smallest absolute Gasteiger partial charge is 0.321 e. The molecule has 2 atom stereocenters. The molecule has 5 rings (SSSR count). The van der Waals surface area contributed by atoms with Crippen LogP contribution in [-0.4, -0.2) is 30.1 Å². The molecule has 0 aliphatic heterocycles. The Hall–Kier alpha value is -2.37. The molecule has 0 heterocycles. The van der Waals surface area contributed by atoms with Gasteiger partial charge >= 0.3 is 12.0 Å². The van der Waals surface area contributed by atoms with E-state index in [-0.39, 0.29) is 11.4 Å². The largest absolute Gasteiger partial charge is 0.455 e. The molecule has 4 saturated carbocycles. The average Bonchev–Trinajstić information content (AvgIpc) is 2.64. The SMILES string of the molecule is CC(C)(C)NC(=O)NC(=O)COC(=O)C12CC3CC(C1)CC(c1ccccc1)(C3)C2. The van der Waals surface area contributed by atoms with E-state index >= 15 is 0 Å². The first-order valence-corrected chi connectivity index (χ1v) is 10.9. The lowest BCUT2D eigenvalue weighted by Gasteiger charge is -2.61. The number of carbonyl (C=O) groups excluding carboxylic acids is 3. The molecule has 2 N–H and O–H groups in total. The molecular weight excluding hydrogens is 380 g/mol. The van der Waals surface area contributed by atoms with Crippen LogP contribution in [0.4, 0.5) is 4.79 Å². The molecule has 1 aromatic rings. The molecule has 4 aliphatic carbocycles. The Balaban J connectivity index is 1.42. The van der Waals surface area contributed by atoms with Gasteiger partial charge in [-0.05, 0) is 82.1 Å². The van der Waals surface area contributed by atoms with Crippen LogP contribution >= 0.6 is 0 Å². The molecule has 4 bridgehead atoms. The summed E-state index contributed by atoms with van der Waals surface area (Å²) < 4.78 is 5.47. The topological polar surface area (TPSA) is 84.5 Å². The maximum atomic E-state index is 13.2. The summed E-state index contributed by atoms with van der Waals surface area (Å²) in [5.74, 6) is 0.187. The molecule has 0 spiro atoms. The first-order chi connectivity index (χ1) is 14.1. The monoisotopic (exact) mass is 412 g/mol. The van der Waals surface area contributed by atoms with Crippen molar-refractivity contribution in [2.45, 2.75) is 70.3 Å². The molecule has 0 radical (unpaired) electrons. The molecule has 162 valence electrons. The Bertz CT molecular complexity index is 829. The van der Waals surface area contributed by atoms with Crippen molar-refractivity contribution in [2.75, 3.05) is 6.61 Å². The Morgan fingerprint density at radius 1 is 1.03 bits per heavy atom. The van der Waals surface area contributed by atoms with E-state index in [4.69, 9.17) is 4.74 Å². The summed E-state index contributed by atoms with van der Waals surface area (Å²) in [6.07, 6.45) is 5.96. The fourth-order valence-electron chi connectivity index (χ4n) is 6.45. The van der Waals surface area contributed by atoms with Crippen molar-refractivity contribution in [3.63, 3.8) is 0 Å². The van der Waals surface area contributed by atoms with E-state index in [1.54, 1.807) is 0 Å². The Labute approximate surface area is 178 Å². The lowest BCUT2D eigenvalue weighted by molar-refractivity contribution is -0.175. The Kier molecular flexibility index (Phi) is 5.15. The van der Waals surface area contributed by atoms with Crippen LogP contribution in [0.5, 0.6) is 0 Å². The van der Waals surface area contributed by atoms with Crippen molar-refractivity contribution in [2.24, 2.45) is 17.3 Å². The number of hydrogen-bond acceptors (Lipinski definition) is 4. The number of imide groups is 1. The molecule has 3 amide bonds. The first-order valence-electron chi connectivity index (χ1n) is 10.9. The van der Waals surface area contributed by atoms with Crippen LogP contribution < -0.4 is 10.6 Å². The van der Waals surface area contributed by atoms with Crippen LogP contribution in [0, 0.1) is 17.3 Å². The number of esters is 1. The third-order valence-corrected chi connectivity index (χ3v) is 6.96. The fourth-order valence-corrected chi connectivity index (χ4v) is 6.45. The molecule has 30 heavy (non-hydrogen) atoms. The van der Waals surface area contributed by atoms with Crippen molar-refractivity contribution in [1.29, 1.82) is 0 Å². The second kappa shape index (κ2) is 7.40. The number of nitrogens with one attached hydrogen (secondary N) is 2. The van der Waals surface area contributed by atoms with Crippen molar-refractivity contribution >= 4 is 17.9 Å². The standard InChI is InChI=1S/C24H32N2O4/c1-22(2,3)26-21(29)25-19(27)14-30-20(28)24-12-16-9-17(13-24)11-23(10-16,15-24)18-7-5-4-6-8-18/h4-8,16-17H,9-15H2,1-3H3,(H2,25,26,27,29). The van der Waals surface area contributed by atoms with E-state index in [9.17, 15) is 14.4 Å². The first kappa shape index (κ1) is 20.9. The number of ether oxygens (including phenoxy) is 1. The summed E-state index contributed by atoms with van der Waals surface area (Å²) in [4.78, 5) is 37.1. The van der Waals surface area contributed by atoms with Crippen LogP contribution in [0.25, 0.3) is 0 Å². The zero-order valence-corrected chi connectivity index (χ0v) is 18.1.